The minimum atomic E-state index is -0.615. The fraction of sp³-hybridized carbons (Fsp3) is 0.521. The first-order chi connectivity index (χ1) is 31.9. The zero-order chi connectivity index (χ0) is 45.8. The molecule has 4 aliphatic heterocycles. The van der Waals surface area contributed by atoms with Crippen molar-refractivity contribution in [3.63, 3.8) is 0 Å². The molecule has 6 aliphatic rings. The summed E-state index contributed by atoms with van der Waals surface area (Å²) in [5.41, 5.74) is 3.86. The maximum absolute atomic E-state index is 13.3. The number of pyridine rings is 1. The van der Waals surface area contributed by atoms with Crippen LogP contribution in [-0.2, 0) is 25.7 Å². The Labute approximate surface area is 387 Å². The molecule has 4 aromatic rings. The first kappa shape index (κ1) is 44.1. The maximum Gasteiger partial charge on any atom is 0.293 e. The van der Waals surface area contributed by atoms with Crippen molar-refractivity contribution in [1.82, 2.24) is 35.4 Å². The molecule has 348 valence electrons. The first-order valence-electron chi connectivity index (χ1n) is 23.4. The van der Waals surface area contributed by atoms with Crippen molar-refractivity contribution in [2.45, 2.75) is 108 Å². The number of imide groups is 1. The van der Waals surface area contributed by atoms with Crippen LogP contribution in [0.5, 0.6) is 5.75 Å². The smallest absolute Gasteiger partial charge is 0.293 e. The minimum absolute atomic E-state index is 0.0946. The van der Waals surface area contributed by atoms with Gasteiger partial charge in [-0.1, -0.05) is 11.6 Å². The second kappa shape index (κ2) is 18.1. The Bertz CT molecular complexity index is 2630. The van der Waals surface area contributed by atoms with Crippen LogP contribution in [-0.4, -0.2) is 113 Å². The molecule has 4 N–H and O–H groups in total. The zero-order valence-corrected chi connectivity index (χ0v) is 38.3. The predicted octanol–water partition coefficient (Wildman–Crippen LogP) is 4.68. The molecule has 6 heterocycles. The van der Waals surface area contributed by atoms with Gasteiger partial charge in [0, 0.05) is 86.6 Å². The van der Waals surface area contributed by atoms with Gasteiger partial charge in [-0.15, -0.1) is 0 Å². The average molecular weight is 921 g/mol. The van der Waals surface area contributed by atoms with Gasteiger partial charge in [0.2, 0.25) is 17.8 Å². The summed E-state index contributed by atoms with van der Waals surface area (Å²) in [5, 5.41) is 13.4. The molecule has 0 radical (unpaired) electrons. The van der Waals surface area contributed by atoms with Crippen LogP contribution in [0.2, 0.25) is 5.02 Å². The van der Waals surface area contributed by atoms with Gasteiger partial charge >= 0.3 is 0 Å². The number of carbonyl (C=O) groups is 4. The summed E-state index contributed by atoms with van der Waals surface area (Å²) >= 11 is 6.62. The Morgan fingerprint density at radius 2 is 1.74 bits per heavy atom. The number of aromatic nitrogens is 3. The van der Waals surface area contributed by atoms with Crippen molar-refractivity contribution in [3.8, 4) is 5.75 Å². The highest BCUT2D eigenvalue weighted by Crippen LogP contribution is 2.46. The van der Waals surface area contributed by atoms with Crippen LogP contribution >= 0.6 is 11.6 Å². The lowest BCUT2D eigenvalue weighted by molar-refractivity contribution is -0.137. The number of hydrogen-bond donors (Lipinski definition) is 4. The van der Waals surface area contributed by atoms with Crippen LogP contribution in [0.25, 0.3) is 10.9 Å². The van der Waals surface area contributed by atoms with Gasteiger partial charge in [-0.2, -0.15) is 4.98 Å². The Balaban J connectivity index is 0.709. The van der Waals surface area contributed by atoms with E-state index in [1.54, 1.807) is 21.7 Å². The van der Waals surface area contributed by atoms with Crippen LogP contribution < -0.4 is 41.4 Å². The van der Waals surface area contributed by atoms with Gasteiger partial charge in [0.1, 0.15) is 11.1 Å². The number of nitrogens with zero attached hydrogens (tertiary/aromatic N) is 6. The summed E-state index contributed by atoms with van der Waals surface area (Å²) in [7, 11) is 1.52. The molecule has 2 aromatic heterocycles. The summed E-state index contributed by atoms with van der Waals surface area (Å²) in [5.74, 6) is 1.44. The highest BCUT2D eigenvalue weighted by molar-refractivity contribution is 6.33. The first-order valence-corrected chi connectivity index (χ1v) is 23.8. The standard InChI is InChI=1S/C48H57ClN10O7/c1-26(2)59-39-7-4-31(16-28(39)18-41(47(59)64)65-25-43(61)50-3)53-44-38(49)21-51-48(55-44)56-12-10-35(11-13-56)66-36-19-32(20-36)52-33-15-27-14-29(27)22-57(24-33)34-5-6-37-30(17-34)23-58(46(37)63)40-8-9-42(60)54-45(40)62/h4-7,16-18,21,26-27,29,32-33,35-36,40,52H,8-15,19-20,22-25H2,1-3H3,(H,50,61)(H,51,53,55)(H,54,60,62)/t27?,29?,32-,33?,36-,40?. The van der Waals surface area contributed by atoms with Crippen molar-refractivity contribution in [2.24, 2.45) is 11.8 Å². The van der Waals surface area contributed by atoms with E-state index in [2.05, 4.69) is 48.2 Å². The molecule has 10 rings (SSSR count). The van der Waals surface area contributed by atoms with Crippen molar-refractivity contribution in [1.29, 1.82) is 0 Å². The Morgan fingerprint density at radius 3 is 2.52 bits per heavy atom. The van der Waals surface area contributed by atoms with E-state index in [1.807, 2.05) is 38.1 Å². The lowest BCUT2D eigenvalue weighted by Gasteiger charge is -2.42. The molecule has 5 fully saturated rings. The predicted molar refractivity (Wildman–Crippen MR) is 249 cm³/mol. The molecule has 18 heteroatoms. The van der Waals surface area contributed by atoms with Crippen molar-refractivity contribution >= 4 is 69.3 Å². The van der Waals surface area contributed by atoms with E-state index in [4.69, 9.17) is 26.1 Å². The van der Waals surface area contributed by atoms with Crippen LogP contribution in [0, 0.1) is 11.8 Å². The van der Waals surface area contributed by atoms with Gasteiger partial charge in [-0.05, 0) is 119 Å². The summed E-state index contributed by atoms with van der Waals surface area (Å²) in [6.07, 6.45) is 8.76. The number of benzene rings is 2. The average Bonchev–Trinajstić information content (AvgIpc) is 3.98. The molecule has 2 aromatic carbocycles. The molecule has 4 unspecified atom stereocenters. The van der Waals surface area contributed by atoms with Crippen molar-refractivity contribution in [3.05, 3.63) is 75.2 Å². The number of hydrogen-bond acceptors (Lipinski definition) is 13. The third-order valence-electron chi connectivity index (χ3n) is 14.3. The molecule has 4 atom stereocenters. The van der Waals surface area contributed by atoms with Gasteiger partial charge < -0.3 is 44.7 Å². The van der Waals surface area contributed by atoms with E-state index < -0.39 is 6.04 Å². The van der Waals surface area contributed by atoms with Gasteiger partial charge in [-0.3, -0.25) is 29.3 Å². The van der Waals surface area contributed by atoms with E-state index in [1.165, 1.54) is 19.9 Å². The third-order valence-corrected chi connectivity index (χ3v) is 14.5. The molecular formula is C48H57ClN10O7. The normalized spacial score (nSPS) is 25.3. The summed E-state index contributed by atoms with van der Waals surface area (Å²) < 4.78 is 13.9. The minimum Gasteiger partial charge on any atom is -0.478 e. The fourth-order valence-corrected chi connectivity index (χ4v) is 10.7. The topological polar surface area (TPSA) is 192 Å². The highest BCUT2D eigenvalue weighted by Gasteiger charge is 2.45. The Hall–Kier alpha value is -5.78. The summed E-state index contributed by atoms with van der Waals surface area (Å²) in [4.78, 5) is 78.4. The number of rotatable bonds is 13. The molecule has 0 bridgehead atoms. The number of anilines is 4. The van der Waals surface area contributed by atoms with E-state index in [0.717, 1.165) is 79.9 Å². The number of piperidine rings is 2. The number of likely N-dealkylation sites (N-methyl/N-ethyl adjacent to an activating group) is 1. The Kier molecular flexibility index (Phi) is 12.1. The summed E-state index contributed by atoms with van der Waals surface area (Å²) in [6, 6.07) is 13.4. The quantitative estimate of drug-likeness (QED) is 0.135. The lowest BCUT2D eigenvalue weighted by Crippen LogP contribution is -2.53. The third kappa shape index (κ3) is 9.04. The van der Waals surface area contributed by atoms with Crippen LogP contribution in [0.3, 0.4) is 0 Å². The van der Waals surface area contributed by atoms with E-state index >= 15 is 0 Å². The maximum atomic E-state index is 13.3. The van der Waals surface area contributed by atoms with Gasteiger partial charge in [0.05, 0.1) is 23.9 Å². The molecule has 66 heavy (non-hydrogen) atoms. The van der Waals surface area contributed by atoms with Crippen LogP contribution in [0.1, 0.15) is 87.2 Å². The zero-order valence-electron chi connectivity index (χ0n) is 37.6. The highest BCUT2D eigenvalue weighted by atomic mass is 35.5. The van der Waals surface area contributed by atoms with Gasteiger partial charge in [-0.25, -0.2) is 4.98 Å². The van der Waals surface area contributed by atoms with E-state index in [-0.39, 0.29) is 66.2 Å². The van der Waals surface area contributed by atoms with Crippen molar-refractivity contribution < 1.29 is 28.7 Å². The van der Waals surface area contributed by atoms with E-state index in [9.17, 15) is 24.0 Å². The molecule has 4 amide bonds. The molecular weight excluding hydrogens is 864 g/mol. The van der Waals surface area contributed by atoms with Crippen molar-refractivity contribution in [2.75, 3.05) is 55.0 Å². The Morgan fingerprint density at radius 1 is 0.924 bits per heavy atom. The number of ether oxygens (including phenoxy) is 2. The fourth-order valence-electron chi connectivity index (χ4n) is 10.6. The number of carbonyl (C=O) groups excluding carboxylic acids is 4. The monoisotopic (exact) mass is 920 g/mol. The molecule has 3 saturated heterocycles. The molecule has 2 saturated carbocycles. The second-order valence-electron chi connectivity index (χ2n) is 19.1. The number of amides is 4. The van der Waals surface area contributed by atoms with Crippen LogP contribution in [0.4, 0.5) is 23.1 Å². The van der Waals surface area contributed by atoms with E-state index in [0.29, 0.717) is 59.0 Å². The van der Waals surface area contributed by atoms with Gasteiger partial charge in [0.15, 0.2) is 18.2 Å². The SMILES string of the molecule is CNC(=O)COc1cc2cc(Nc3nc(N4CCC(O[C@H]5C[C@H](NC6CC7CC7CN(c7ccc8c(c7)CN(C7CCC(=O)NC7=O)C8=O)C6)C5)CC4)ncc3Cl)ccc2n(C(C)C)c1=O. The largest absolute Gasteiger partial charge is 0.478 e. The molecule has 17 nitrogen and oxygen atoms in total. The molecule has 2 aliphatic carbocycles. The number of fused-ring (bicyclic) bond motifs is 3. The van der Waals surface area contributed by atoms with Crippen LogP contribution in [0.15, 0.2) is 53.5 Å². The number of halogens is 1. The lowest BCUT2D eigenvalue weighted by atomic mass is 9.87. The second-order valence-corrected chi connectivity index (χ2v) is 19.5. The molecule has 0 spiro atoms. The number of nitrogens with one attached hydrogen (secondary N) is 4. The van der Waals surface area contributed by atoms with Gasteiger partial charge in [0.25, 0.3) is 17.4 Å². The summed E-state index contributed by atoms with van der Waals surface area (Å²) in [6.45, 7) is 7.40.